The first-order valence-corrected chi connectivity index (χ1v) is 5.66. The van der Waals surface area contributed by atoms with Crippen molar-refractivity contribution in [3.63, 3.8) is 0 Å². The third-order valence-corrected chi connectivity index (χ3v) is 4.17. The van der Waals surface area contributed by atoms with E-state index in [2.05, 4.69) is 0 Å². The molecule has 2 fully saturated rings. The number of halogens is 4. The summed E-state index contributed by atoms with van der Waals surface area (Å²) < 4.78 is 51.6. The summed E-state index contributed by atoms with van der Waals surface area (Å²) in [5.41, 5.74) is -1.36. The molecular weight excluding hydrogens is 240 g/mol. The van der Waals surface area contributed by atoms with E-state index in [4.69, 9.17) is 0 Å². The van der Waals surface area contributed by atoms with Crippen LogP contribution >= 0.6 is 0 Å². The fraction of sp³-hybridized carbons (Fsp3) is 0.909. The van der Waals surface area contributed by atoms with E-state index in [9.17, 15) is 27.5 Å². The fourth-order valence-corrected chi connectivity index (χ4v) is 2.91. The lowest BCUT2D eigenvalue weighted by Gasteiger charge is -2.49. The molecule has 0 saturated heterocycles. The summed E-state index contributed by atoms with van der Waals surface area (Å²) >= 11 is 0. The highest BCUT2D eigenvalue weighted by Gasteiger charge is 2.60. The van der Waals surface area contributed by atoms with Gasteiger partial charge in [0.2, 0.25) is 11.8 Å². The van der Waals surface area contributed by atoms with Crippen molar-refractivity contribution < 1.29 is 27.5 Å². The highest BCUT2D eigenvalue weighted by Crippen LogP contribution is 2.58. The van der Waals surface area contributed by atoms with Gasteiger partial charge in [0.15, 0.2) is 0 Å². The van der Waals surface area contributed by atoms with Crippen LogP contribution in [-0.2, 0) is 4.79 Å². The summed E-state index contributed by atoms with van der Waals surface area (Å²) in [6, 6.07) is 0. The molecule has 0 aliphatic heterocycles. The maximum atomic E-state index is 13.0. The normalized spacial score (nSPS) is 30.6. The van der Waals surface area contributed by atoms with E-state index in [-0.39, 0.29) is 12.8 Å². The molecule has 0 bridgehead atoms. The largest absolute Gasteiger partial charge is 0.481 e. The molecule has 2 saturated carbocycles. The third kappa shape index (κ3) is 2.13. The molecule has 98 valence electrons. The summed E-state index contributed by atoms with van der Waals surface area (Å²) in [7, 11) is 0. The van der Waals surface area contributed by atoms with Gasteiger partial charge in [0.1, 0.15) is 0 Å². The fourth-order valence-electron chi connectivity index (χ4n) is 2.91. The lowest BCUT2D eigenvalue weighted by Crippen LogP contribution is -2.52. The number of rotatable bonds is 2. The lowest BCUT2D eigenvalue weighted by atomic mass is 9.57. The van der Waals surface area contributed by atoms with Crippen molar-refractivity contribution in [3.05, 3.63) is 0 Å². The molecule has 2 rings (SSSR count). The van der Waals surface area contributed by atoms with Gasteiger partial charge in [-0.25, -0.2) is 17.6 Å². The second-order valence-electron chi connectivity index (χ2n) is 5.28. The zero-order chi connectivity index (χ0) is 12.9. The van der Waals surface area contributed by atoms with Crippen LogP contribution in [0.4, 0.5) is 17.6 Å². The molecule has 6 heteroatoms. The zero-order valence-corrected chi connectivity index (χ0v) is 9.19. The smallest absolute Gasteiger partial charge is 0.309 e. The summed E-state index contributed by atoms with van der Waals surface area (Å²) in [5, 5.41) is 9.17. The number of aliphatic carboxylic acids is 1. The molecule has 0 heterocycles. The minimum Gasteiger partial charge on any atom is -0.481 e. The van der Waals surface area contributed by atoms with Crippen LogP contribution in [0.1, 0.15) is 38.5 Å². The van der Waals surface area contributed by atoms with Crippen LogP contribution in [0.5, 0.6) is 0 Å². The predicted molar refractivity (Wildman–Crippen MR) is 51.2 cm³/mol. The van der Waals surface area contributed by atoms with E-state index in [0.29, 0.717) is 0 Å². The SMILES string of the molecule is O=C(O)C1(C2CC(F)(F)C2)CCC(F)(F)CC1. The van der Waals surface area contributed by atoms with Crippen LogP contribution in [0.25, 0.3) is 0 Å². The molecule has 0 aromatic heterocycles. The highest BCUT2D eigenvalue weighted by atomic mass is 19.3. The van der Waals surface area contributed by atoms with Gasteiger partial charge >= 0.3 is 5.97 Å². The van der Waals surface area contributed by atoms with Crippen molar-refractivity contribution in [1.29, 1.82) is 0 Å². The Hall–Kier alpha value is -0.810. The summed E-state index contributed by atoms with van der Waals surface area (Å²) in [6.45, 7) is 0. The maximum Gasteiger partial charge on any atom is 0.309 e. The number of alkyl halides is 4. The van der Waals surface area contributed by atoms with Gasteiger partial charge in [0.25, 0.3) is 0 Å². The minimum absolute atomic E-state index is 0.198. The van der Waals surface area contributed by atoms with Crippen LogP contribution in [0.15, 0.2) is 0 Å². The minimum atomic E-state index is -2.84. The lowest BCUT2D eigenvalue weighted by molar-refractivity contribution is -0.192. The number of carbonyl (C=O) groups is 1. The Bertz CT molecular complexity index is 322. The van der Waals surface area contributed by atoms with Crippen molar-refractivity contribution in [1.82, 2.24) is 0 Å². The average molecular weight is 254 g/mol. The van der Waals surface area contributed by atoms with Crippen molar-refractivity contribution in [3.8, 4) is 0 Å². The number of carboxylic acids is 1. The van der Waals surface area contributed by atoms with Crippen molar-refractivity contribution in [2.75, 3.05) is 0 Å². The molecule has 0 unspecified atom stereocenters. The van der Waals surface area contributed by atoms with Crippen LogP contribution in [0.3, 0.4) is 0 Å². The van der Waals surface area contributed by atoms with Gasteiger partial charge in [-0.3, -0.25) is 4.79 Å². The van der Waals surface area contributed by atoms with E-state index in [1.807, 2.05) is 0 Å². The monoisotopic (exact) mass is 254 g/mol. The maximum absolute atomic E-state index is 13.0. The summed E-state index contributed by atoms with van der Waals surface area (Å²) in [6.07, 6.45) is -2.38. The Balaban J connectivity index is 2.11. The Labute approximate surface area is 96.0 Å². The first kappa shape index (κ1) is 12.6. The second-order valence-corrected chi connectivity index (χ2v) is 5.28. The molecule has 2 nitrogen and oxygen atoms in total. The molecular formula is C11H14F4O2. The Morgan fingerprint density at radius 1 is 0.941 bits per heavy atom. The van der Waals surface area contributed by atoms with Gasteiger partial charge in [-0.1, -0.05) is 0 Å². The van der Waals surface area contributed by atoms with E-state index >= 15 is 0 Å². The van der Waals surface area contributed by atoms with Gasteiger partial charge in [-0.05, 0) is 18.8 Å². The highest BCUT2D eigenvalue weighted by molar-refractivity contribution is 5.75. The topological polar surface area (TPSA) is 37.3 Å². The Morgan fingerprint density at radius 3 is 1.76 bits per heavy atom. The Kier molecular flexibility index (Phi) is 2.67. The average Bonchev–Trinajstić information content (AvgIpc) is 2.14. The number of hydrogen-bond acceptors (Lipinski definition) is 1. The molecule has 2 aliphatic carbocycles. The molecule has 0 spiro atoms. The molecule has 2 aliphatic rings. The standard InChI is InChI=1S/C11H14F4O2/c12-10(13)3-1-9(2-4-10,8(16)17)7-5-11(14,15)6-7/h7H,1-6H2,(H,16,17). The molecule has 1 N–H and O–H groups in total. The first-order valence-electron chi connectivity index (χ1n) is 5.66. The van der Waals surface area contributed by atoms with Gasteiger partial charge < -0.3 is 5.11 Å². The summed E-state index contributed by atoms with van der Waals surface area (Å²) in [5.74, 6) is -7.52. The summed E-state index contributed by atoms with van der Waals surface area (Å²) in [4.78, 5) is 11.2. The van der Waals surface area contributed by atoms with Gasteiger partial charge in [0, 0.05) is 25.7 Å². The molecule has 0 atom stereocenters. The molecule has 0 radical (unpaired) electrons. The predicted octanol–water partition coefficient (Wildman–Crippen LogP) is 3.31. The van der Waals surface area contributed by atoms with Crippen LogP contribution < -0.4 is 0 Å². The van der Waals surface area contributed by atoms with Crippen LogP contribution in [0.2, 0.25) is 0 Å². The van der Waals surface area contributed by atoms with Crippen LogP contribution in [-0.4, -0.2) is 22.9 Å². The van der Waals surface area contributed by atoms with Crippen molar-refractivity contribution in [2.24, 2.45) is 11.3 Å². The van der Waals surface area contributed by atoms with Crippen molar-refractivity contribution in [2.45, 2.75) is 50.4 Å². The van der Waals surface area contributed by atoms with Gasteiger partial charge in [-0.15, -0.1) is 0 Å². The van der Waals surface area contributed by atoms with E-state index < -0.39 is 54.8 Å². The van der Waals surface area contributed by atoms with Gasteiger partial charge in [-0.2, -0.15) is 0 Å². The van der Waals surface area contributed by atoms with E-state index in [0.717, 1.165) is 0 Å². The first-order chi connectivity index (χ1) is 7.67. The van der Waals surface area contributed by atoms with E-state index in [1.54, 1.807) is 0 Å². The van der Waals surface area contributed by atoms with Crippen LogP contribution in [0, 0.1) is 11.3 Å². The molecule has 0 amide bonds. The van der Waals surface area contributed by atoms with Gasteiger partial charge in [0.05, 0.1) is 5.41 Å². The zero-order valence-electron chi connectivity index (χ0n) is 9.19. The Morgan fingerprint density at radius 2 is 1.41 bits per heavy atom. The quantitative estimate of drug-likeness (QED) is 0.767. The number of carboxylic acid groups (broad SMARTS) is 1. The molecule has 0 aromatic rings. The number of hydrogen-bond donors (Lipinski definition) is 1. The van der Waals surface area contributed by atoms with Crippen molar-refractivity contribution >= 4 is 5.97 Å². The molecule has 0 aromatic carbocycles. The second kappa shape index (κ2) is 3.59. The third-order valence-electron chi connectivity index (χ3n) is 4.17. The molecule has 17 heavy (non-hydrogen) atoms. The van der Waals surface area contributed by atoms with E-state index in [1.165, 1.54) is 0 Å².